The van der Waals surface area contributed by atoms with Crippen LogP contribution in [0.1, 0.15) is 25.3 Å². The fourth-order valence-corrected chi connectivity index (χ4v) is 2.99. The minimum atomic E-state index is 0.621. The van der Waals surface area contributed by atoms with E-state index in [-0.39, 0.29) is 0 Å². The minimum absolute atomic E-state index is 0.621. The van der Waals surface area contributed by atoms with Crippen LogP contribution in [0.25, 0.3) is 0 Å². The van der Waals surface area contributed by atoms with Crippen LogP contribution in [0.3, 0.4) is 0 Å². The zero-order chi connectivity index (χ0) is 12.5. The van der Waals surface area contributed by atoms with E-state index in [1.807, 2.05) is 11.8 Å². The zero-order valence-corrected chi connectivity index (χ0v) is 13.5. The summed E-state index contributed by atoms with van der Waals surface area (Å²) in [5.74, 6) is 3.88. The van der Waals surface area contributed by atoms with Crippen molar-refractivity contribution in [1.82, 2.24) is 0 Å². The molecular formula is C14H20BrClS. The van der Waals surface area contributed by atoms with Crippen LogP contribution in [0.15, 0.2) is 28.7 Å². The van der Waals surface area contributed by atoms with Gasteiger partial charge in [-0.1, -0.05) is 35.0 Å². The largest absolute Gasteiger partial charge is 0.162 e. The zero-order valence-electron chi connectivity index (χ0n) is 10.3. The Morgan fingerprint density at radius 2 is 2.00 bits per heavy atom. The van der Waals surface area contributed by atoms with Gasteiger partial charge in [-0.15, -0.1) is 11.6 Å². The number of hydrogen-bond acceptors (Lipinski definition) is 1. The molecule has 0 spiro atoms. The van der Waals surface area contributed by atoms with Crippen LogP contribution in [-0.2, 0) is 6.42 Å². The molecule has 1 unspecified atom stereocenters. The van der Waals surface area contributed by atoms with Crippen molar-refractivity contribution < 1.29 is 0 Å². The standard InChI is InChI=1S/C14H20BrClS/c1-2-17-9-3-4-13(11-16)10-12-5-7-14(15)8-6-12/h5-8,13H,2-4,9-11H2,1H3. The van der Waals surface area contributed by atoms with E-state index in [9.17, 15) is 0 Å². The van der Waals surface area contributed by atoms with Gasteiger partial charge in [0.2, 0.25) is 0 Å². The number of benzene rings is 1. The molecule has 0 aliphatic carbocycles. The van der Waals surface area contributed by atoms with Crippen LogP contribution in [0.4, 0.5) is 0 Å². The molecule has 0 saturated carbocycles. The van der Waals surface area contributed by atoms with Gasteiger partial charge in [0.1, 0.15) is 0 Å². The average Bonchev–Trinajstić information content (AvgIpc) is 2.35. The molecule has 0 aliphatic heterocycles. The number of rotatable bonds is 8. The lowest BCUT2D eigenvalue weighted by Gasteiger charge is -2.13. The molecule has 17 heavy (non-hydrogen) atoms. The Morgan fingerprint density at radius 1 is 1.29 bits per heavy atom. The predicted octanol–water partition coefficient (Wildman–Crippen LogP) is 5.38. The molecule has 0 aromatic heterocycles. The molecule has 1 atom stereocenters. The number of hydrogen-bond donors (Lipinski definition) is 0. The van der Waals surface area contributed by atoms with Crippen molar-refractivity contribution in [2.75, 3.05) is 17.4 Å². The molecule has 3 heteroatoms. The van der Waals surface area contributed by atoms with Gasteiger partial charge in [0.25, 0.3) is 0 Å². The fourth-order valence-electron chi connectivity index (χ4n) is 1.81. The number of thioether (sulfide) groups is 1. The molecule has 0 aliphatic rings. The summed E-state index contributed by atoms with van der Waals surface area (Å²) in [5.41, 5.74) is 1.39. The summed E-state index contributed by atoms with van der Waals surface area (Å²) in [5, 5.41) is 0. The first-order valence-corrected chi connectivity index (χ1v) is 8.62. The summed E-state index contributed by atoms with van der Waals surface area (Å²) in [6, 6.07) is 8.58. The van der Waals surface area contributed by atoms with Gasteiger partial charge in [-0.3, -0.25) is 0 Å². The van der Waals surface area contributed by atoms with Gasteiger partial charge in [0.15, 0.2) is 0 Å². The molecule has 0 N–H and O–H groups in total. The van der Waals surface area contributed by atoms with Crippen molar-refractivity contribution in [3.05, 3.63) is 34.3 Å². The normalized spacial score (nSPS) is 12.6. The lowest BCUT2D eigenvalue weighted by atomic mass is 9.97. The van der Waals surface area contributed by atoms with Gasteiger partial charge in [0.05, 0.1) is 0 Å². The van der Waals surface area contributed by atoms with E-state index < -0.39 is 0 Å². The summed E-state index contributed by atoms with van der Waals surface area (Å²) in [6.07, 6.45) is 3.63. The van der Waals surface area contributed by atoms with Crippen molar-refractivity contribution in [2.45, 2.75) is 26.2 Å². The molecule has 1 aromatic carbocycles. The van der Waals surface area contributed by atoms with Crippen LogP contribution in [0.5, 0.6) is 0 Å². The van der Waals surface area contributed by atoms with Crippen LogP contribution in [-0.4, -0.2) is 17.4 Å². The topological polar surface area (TPSA) is 0 Å². The van der Waals surface area contributed by atoms with Gasteiger partial charge in [-0.05, 0) is 54.4 Å². The Balaban J connectivity index is 2.33. The molecule has 96 valence electrons. The van der Waals surface area contributed by atoms with Crippen LogP contribution in [0.2, 0.25) is 0 Å². The minimum Gasteiger partial charge on any atom is -0.162 e. The van der Waals surface area contributed by atoms with Crippen molar-refractivity contribution in [3.63, 3.8) is 0 Å². The van der Waals surface area contributed by atoms with E-state index in [0.29, 0.717) is 5.92 Å². The molecule has 0 radical (unpaired) electrons. The number of halogens is 2. The summed E-state index contributed by atoms with van der Waals surface area (Å²) < 4.78 is 1.14. The quantitative estimate of drug-likeness (QED) is 0.454. The van der Waals surface area contributed by atoms with E-state index in [2.05, 4.69) is 47.1 Å². The molecule has 0 amide bonds. The Labute approximate surface area is 123 Å². The first kappa shape index (κ1) is 15.4. The van der Waals surface area contributed by atoms with Crippen LogP contribution < -0.4 is 0 Å². The fraction of sp³-hybridized carbons (Fsp3) is 0.571. The van der Waals surface area contributed by atoms with Crippen molar-refractivity contribution in [2.24, 2.45) is 5.92 Å². The SMILES string of the molecule is CCSCCCC(CCl)Cc1ccc(Br)cc1. The van der Waals surface area contributed by atoms with E-state index in [1.54, 1.807) is 0 Å². The van der Waals surface area contributed by atoms with Crippen LogP contribution in [0, 0.1) is 5.92 Å². The third-order valence-electron chi connectivity index (χ3n) is 2.76. The predicted molar refractivity (Wildman–Crippen MR) is 84.3 cm³/mol. The molecular weight excluding hydrogens is 316 g/mol. The molecule has 0 fully saturated rings. The second-order valence-corrected chi connectivity index (χ2v) is 6.81. The van der Waals surface area contributed by atoms with Gasteiger partial charge in [0, 0.05) is 10.4 Å². The molecule has 0 nitrogen and oxygen atoms in total. The Kier molecular flexibility index (Phi) is 8.42. The first-order chi connectivity index (χ1) is 8.26. The highest BCUT2D eigenvalue weighted by Gasteiger charge is 2.08. The lowest BCUT2D eigenvalue weighted by Crippen LogP contribution is -2.07. The highest BCUT2D eigenvalue weighted by atomic mass is 79.9. The van der Waals surface area contributed by atoms with E-state index in [1.165, 1.54) is 29.9 Å². The Bertz CT molecular complexity index is 300. The van der Waals surface area contributed by atoms with Gasteiger partial charge in [-0.25, -0.2) is 0 Å². The molecule has 0 heterocycles. The third-order valence-corrected chi connectivity index (χ3v) is 4.71. The summed E-state index contributed by atoms with van der Waals surface area (Å²) in [4.78, 5) is 0. The highest BCUT2D eigenvalue weighted by molar-refractivity contribution is 9.10. The molecule has 0 saturated heterocycles. The van der Waals surface area contributed by atoms with Gasteiger partial charge in [-0.2, -0.15) is 11.8 Å². The van der Waals surface area contributed by atoms with E-state index in [4.69, 9.17) is 11.6 Å². The van der Waals surface area contributed by atoms with Gasteiger partial charge >= 0.3 is 0 Å². The van der Waals surface area contributed by atoms with E-state index >= 15 is 0 Å². The summed E-state index contributed by atoms with van der Waals surface area (Å²) in [6.45, 7) is 2.21. The number of alkyl halides is 1. The second-order valence-electron chi connectivity index (χ2n) is 4.19. The van der Waals surface area contributed by atoms with Crippen molar-refractivity contribution in [3.8, 4) is 0 Å². The maximum atomic E-state index is 6.05. The smallest absolute Gasteiger partial charge is 0.0254 e. The molecule has 1 rings (SSSR count). The maximum absolute atomic E-state index is 6.05. The first-order valence-electron chi connectivity index (χ1n) is 6.14. The summed E-state index contributed by atoms with van der Waals surface area (Å²) >= 11 is 11.5. The van der Waals surface area contributed by atoms with E-state index in [0.717, 1.165) is 16.8 Å². The summed E-state index contributed by atoms with van der Waals surface area (Å²) in [7, 11) is 0. The highest BCUT2D eigenvalue weighted by Crippen LogP contribution is 2.19. The Morgan fingerprint density at radius 3 is 2.59 bits per heavy atom. The van der Waals surface area contributed by atoms with Gasteiger partial charge < -0.3 is 0 Å². The molecule has 1 aromatic rings. The lowest BCUT2D eigenvalue weighted by molar-refractivity contribution is 0.530. The average molecular weight is 336 g/mol. The van der Waals surface area contributed by atoms with Crippen LogP contribution >= 0.6 is 39.3 Å². The van der Waals surface area contributed by atoms with Crippen molar-refractivity contribution in [1.29, 1.82) is 0 Å². The van der Waals surface area contributed by atoms with Crippen molar-refractivity contribution >= 4 is 39.3 Å². The Hall–Kier alpha value is 0.340. The molecule has 0 bridgehead atoms. The second kappa shape index (κ2) is 9.29. The monoisotopic (exact) mass is 334 g/mol. The third kappa shape index (κ3) is 6.73. The maximum Gasteiger partial charge on any atom is 0.0254 e.